The number of pyridine rings is 1. The van der Waals surface area contributed by atoms with Crippen LogP contribution in [0.3, 0.4) is 0 Å². The van der Waals surface area contributed by atoms with E-state index in [0.717, 1.165) is 17.2 Å². The fourth-order valence-electron chi connectivity index (χ4n) is 1.56. The number of carbonyl (C=O) groups is 1. The van der Waals surface area contributed by atoms with E-state index in [9.17, 15) is 4.79 Å². The van der Waals surface area contributed by atoms with Crippen LogP contribution in [0, 0.1) is 0 Å². The fraction of sp³-hybridized carbons (Fsp3) is 0. The fourth-order valence-corrected chi connectivity index (χ4v) is 2.19. The van der Waals surface area contributed by atoms with Gasteiger partial charge in [-0.3, -0.25) is 4.79 Å². The molecule has 0 radical (unpaired) electrons. The summed E-state index contributed by atoms with van der Waals surface area (Å²) in [7, 11) is 0. The van der Waals surface area contributed by atoms with Gasteiger partial charge >= 0.3 is 0 Å². The predicted molar refractivity (Wildman–Crippen MR) is 74.6 cm³/mol. The topological polar surface area (TPSA) is 67.8 Å². The standard InChI is InChI=1S/C12H7ClN4OS/c13-8-2-4-11(14-6-8)15-12(18)7-1-3-9-10(5-7)17-19-16-9/h1-6H,(H,14,15,18). The maximum atomic E-state index is 12.0. The number of amides is 1. The number of carbonyl (C=O) groups excluding carboxylic acids is 1. The van der Waals surface area contributed by atoms with E-state index in [1.54, 1.807) is 30.3 Å². The lowest BCUT2D eigenvalue weighted by Crippen LogP contribution is -2.12. The Morgan fingerprint density at radius 1 is 1.16 bits per heavy atom. The molecule has 1 N–H and O–H groups in total. The van der Waals surface area contributed by atoms with Crippen LogP contribution in [0.1, 0.15) is 10.4 Å². The molecule has 0 fully saturated rings. The second-order valence-corrected chi connectivity index (χ2v) is 4.75. The number of anilines is 1. The Bertz CT molecular complexity index is 741. The van der Waals surface area contributed by atoms with E-state index in [2.05, 4.69) is 19.0 Å². The molecule has 0 saturated heterocycles. The molecule has 0 spiro atoms. The normalized spacial score (nSPS) is 10.6. The van der Waals surface area contributed by atoms with E-state index in [1.165, 1.54) is 6.20 Å². The summed E-state index contributed by atoms with van der Waals surface area (Å²) < 4.78 is 8.18. The molecule has 94 valence electrons. The van der Waals surface area contributed by atoms with Gasteiger partial charge in [0.1, 0.15) is 16.9 Å². The molecule has 0 unspecified atom stereocenters. The van der Waals surface area contributed by atoms with Crippen molar-refractivity contribution >= 4 is 46.1 Å². The third kappa shape index (κ3) is 2.54. The number of hydrogen-bond donors (Lipinski definition) is 1. The van der Waals surface area contributed by atoms with Crippen LogP contribution in [0.15, 0.2) is 36.5 Å². The molecule has 1 amide bonds. The van der Waals surface area contributed by atoms with Crippen LogP contribution in [0.5, 0.6) is 0 Å². The van der Waals surface area contributed by atoms with Crippen molar-refractivity contribution in [1.29, 1.82) is 0 Å². The Morgan fingerprint density at radius 2 is 2.00 bits per heavy atom. The van der Waals surface area contributed by atoms with Gasteiger partial charge in [-0.05, 0) is 30.3 Å². The van der Waals surface area contributed by atoms with Crippen molar-refractivity contribution in [3.8, 4) is 0 Å². The number of benzene rings is 1. The average Bonchev–Trinajstić information content (AvgIpc) is 2.88. The van der Waals surface area contributed by atoms with E-state index >= 15 is 0 Å². The zero-order chi connectivity index (χ0) is 13.2. The summed E-state index contributed by atoms with van der Waals surface area (Å²) in [5.41, 5.74) is 2.00. The largest absolute Gasteiger partial charge is 0.307 e. The molecule has 3 rings (SSSR count). The highest BCUT2D eigenvalue weighted by atomic mass is 35.5. The molecule has 0 aliphatic rings. The number of hydrogen-bond acceptors (Lipinski definition) is 5. The van der Waals surface area contributed by atoms with Gasteiger partial charge in [-0.2, -0.15) is 8.75 Å². The monoisotopic (exact) mass is 290 g/mol. The van der Waals surface area contributed by atoms with Gasteiger partial charge in [-0.15, -0.1) is 0 Å². The van der Waals surface area contributed by atoms with Crippen molar-refractivity contribution in [2.45, 2.75) is 0 Å². The van der Waals surface area contributed by atoms with Gasteiger partial charge in [0.05, 0.1) is 16.8 Å². The molecule has 0 aliphatic carbocycles. The van der Waals surface area contributed by atoms with Gasteiger partial charge in [0.25, 0.3) is 5.91 Å². The van der Waals surface area contributed by atoms with Crippen LogP contribution in [0.4, 0.5) is 5.82 Å². The van der Waals surface area contributed by atoms with Crippen molar-refractivity contribution < 1.29 is 4.79 Å². The van der Waals surface area contributed by atoms with Crippen LogP contribution >= 0.6 is 23.3 Å². The quantitative estimate of drug-likeness (QED) is 0.788. The molecule has 1 aromatic carbocycles. The maximum Gasteiger partial charge on any atom is 0.256 e. The number of nitrogens with one attached hydrogen (secondary N) is 1. The highest BCUT2D eigenvalue weighted by Crippen LogP contribution is 2.15. The molecule has 19 heavy (non-hydrogen) atoms. The van der Waals surface area contributed by atoms with Gasteiger partial charge in [0.15, 0.2) is 0 Å². The molecule has 2 aromatic heterocycles. The summed E-state index contributed by atoms with van der Waals surface area (Å²) in [5.74, 6) is 0.204. The number of nitrogens with zero attached hydrogens (tertiary/aromatic N) is 3. The molecule has 0 aliphatic heterocycles. The minimum atomic E-state index is -0.246. The Labute approximate surface area is 117 Å². The van der Waals surface area contributed by atoms with Crippen LogP contribution in [0.2, 0.25) is 5.02 Å². The van der Waals surface area contributed by atoms with Gasteiger partial charge in [-0.1, -0.05) is 11.6 Å². The highest BCUT2D eigenvalue weighted by molar-refractivity contribution is 7.00. The van der Waals surface area contributed by atoms with Crippen molar-refractivity contribution in [3.05, 3.63) is 47.1 Å². The van der Waals surface area contributed by atoms with Crippen LogP contribution in [-0.2, 0) is 0 Å². The Kier molecular flexibility index (Phi) is 3.10. The number of halogens is 1. The molecule has 0 atom stereocenters. The number of rotatable bonds is 2. The van der Waals surface area contributed by atoms with Crippen molar-refractivity contribution in [1.82, 2.24) is 13.7 Å². The lowest BCUT2D eigenvalue weighted by molar-refractivity contribution is 0.102. The van der Waals surface area contributed by atoms with E-state index in [-0.39, 0.29) is 5.91 Å². The zero-order valence-corrected chi connectivity index (χ0v) is 11.1. The Hall–Kier alpha value is -2.05. The van der Waals surface area contributed by atoms with Gasteiger partial charge < -0.3 is 5.32 Å². The van der Waals surface area contributed by atoms with Crippen molar-refractivity contribution in [3.63, 3.8) is 0 Å². The van der Waals surface area contributed by atoms with Crippen LogP contribution in [-0.4, -0.2) is 19.6 Å². The van der Waals surface area contributed by atoms with Crippen molar-refractivity contribution in [2.24, 2.45) is 0 Å². The first-order chi connectivity index (χ1) is 9.22. The smallest absolute Gasteiger partial charge is 0.256 e. The average molecular weight is 291 g/mol. The molecule has 0 bridgehead atoms. The van der Waals surface area contributed by atoms with E-state index in [0.29, 0.717) is 21.9 Å². The predicted octanol–water partition coefficient (Wildman–Crippen LogP) is 2.99. The summed E-state index contributed by atoms with van der Waals surface area (Å²) >= 11 is 6.85. The molecule has 3 aromatic rings. The highest BCUT2D eigenvalue weighted by Gasteiger charge is 2.09. The number of aromatic nitrogens is 3. The van der Waals surface area contributed by atoms with E-state index in [4.69, 9.17) is 11.6 Å². The van der Waals surface area contributed by atoms with E-state index < -0.39 is 0 Å². The summed E-state index contributed by atoms with van der Waals surface area (Å²) in [4.78, 5) is 16.0. The first kappa shape index (κ1) is 12.0. The minimum absolute atomic E-state index is 0.246. The first-order valence-electron chi connectivity index (χ1n) is 5.37. The molecule has 0 saturated carbocycles. The van der Waals surface area contributed by atoms with Gasteiger partial charge in [0.2, 0.25) is 0 Å². The minimum Gasteiger partial charge on any atom is -0.307 e. The molecule has 5 nitrogen and oxygen atoms in total. The Morgan fingerprint density at radius 3 is 2.79 bits per heavy atom. The lowest BCUT2D eigenvalue weighted by atomic mass is 10.2. The maximum absolute atomic E-state index is 12.0. The third-order valence-electron chi connectivity index (χ3n) is 2.48. The lowest BCUT2D eigenvalue weighted by Gasteiger charge is -2.04. The summed E-state index contributed by atoms with van der Waals surface area (Å²) in [6.45, 7) is 0. The second kappa shape index (κ2) is 4.91. The second-order valence-electron chi connectivity index (χ2n) is 3.78. The Balaban J connectivity index is 1.84. The van der Waals surface area contributed by atoms with Gasteiger partial charge in [0, 0.05) is 11.8 Å². The zero-order valence-electron chi connectivity index (χ0n) is 9.50. The molecular weight excluding hydrogens is 284 g/mol. The first-order valence-corrected chi connectivity index (χ1v) is 6.48. The van der Waals surface area contributed by atoms with Crippen LogP contribution < -0.4 is 5.32 Å². The van der Waals surface area contributed by atoms with Crippen LogP contribution in [0.25, 0.3) is 11.0 Å². The summed E-state index contributed by atoms with van der Waals surface area (Å²) in [6.07, 6.45) is 1.48. The molecule has 7 heteroatoms. The summed E-state index contributed by atoms with van der Waals surface area (Å²) in [5, 5.41) is 3.21. The SMILES string of the molecule is O=C(Nc1ccc(Cl)cn1)c1ccc2nsnc2c1. The third-order valence-corrected chi connectivity index (χ3v) is 3.27. The van der Waals surface area contributed by atoms with Crippen molar-refractivity contribution in [2.75, 3.05) is 5.32 Å². The summed E-state index contributed by atoms with van der Waals surface area (Å²) in [6, 6.07) is 8.48. The molecule has 2 heterocycles. The molecular formula is C12H7ClN4OS. The number of fused-ring (bicyclic) bond motifs is 1. The van der Waals surface area contributed by atoms with Gasteiger partial charge in [-0.25, -0.2) is 4.98 Å². The van der Waals surface area contributed by atoms with E-state index in [1.807, 2.05) is 0 Å².